The maximum atomic E-state index is 12.5. The van der Waals surface area contributed by atoms with Gasteiger partial charge in [0.1, 0.15) is 0 Å². The summed E-state index contributed by atoms with van der Waals surface area (Å²) in [5.41, 5.74) is 7.38. The molecule has 20 heavy (non-hydrogen) atoms. The van der Waals surface area contributed by atoms with Crippen LogP contribution in [0.3, 0.4) is 0 Å². The third kappa shape index (κ3) is 3.97. The number of thioether (sulfide) groups is 1. The van der Waals surface area contributed by atoms with Crippen molar-refractivity contribution in [1.82, 2.24) is 4.31 Å². The van der Waals surface area contributed by atoms with Gasteiger partial charge >= 0.3 is 0 Å². The monoisotopic (exact) mass is 314 g/mol. The highest BCUT2D eigenvalue weighted by Crippen LogP contribution is 2.31. The maximum Gasteiger partial charge on any atom is 0.218 e. The van der Waals surface area contributed by atoms with Gasteiger partial charge in [0.2, 0.25) is 10.0 Å². The first-order chi connectivity index (χ1) is 9.32. The van der Waals surface area contributed by atoms with E-state index < -0.39 is 10.0 Å². The van der Waals surface area contributed by atoms with Crippen LogP contribution in [0.2, 0.25) is 0 Å². The molecule has 1 heterocycles. The second-order valence-electron chi connectivity index (χ2n) is 5.72. The molecule has 0 atom stereocenters. The summed E-state index contributed by atoms with van der Waals surface area (Å²) >= 11 is 1.83. The predicted molar refractivity (Wildman–Crippen MR) is 85.1 cm³/mol. The molecule has 1 aromatic carbocycles. The van der Waals surface area contributed by atoms with Crippen molar-refractivity contribution in [2.24, 2.45) is 5.73 Å². The Labute approximate surface area is 125 Å². The zero-order valence-corrected chi connectivity index (χ0v) is 13.6. The average Bonchev–Trinajstić information content (AvgIpc) is 2.38. The van der Waals surface area contributed by atoms with Gasteiger partial charge in [-0.25, -0.2) is 8.42 Å². The first kappa shape index (κ1) is 15.8. The number of hydrogen-bond acceptors (Lipinski definition) is 4. The Morgan fingerprint density at radius 2 is 1.85 bits per heavy atom. The smallest absolute Gasteiger partial charge is 0.218 e. The van der Waals surface area contributed by atoms with Crippen LogP contribution in [0.25, 0.3) is 0 Å². The highest BCUT2D eigenvalue weighted by molar-refractivity contribution is 8.00. The van der Waals surface area contributed by atoms with Crippen LogP contribution in [0.4, 0.5) is 0 Å². The van der Waals surface area contributed by atoms with Gasteiger partial charge in [0.15, 0.2) is 0 Å². The molecule has 112 valence electrons. The second kappa shape index (κ2) is 6.05. The molecule has 0 unspecified atom stereocenters. The van der Waals surface area contributed by atoms with Crippen molar-refractivity contribution in [3.63, 3.8) is 0 Å². The van der Waals surface area contributed by atoms with E-state index in [1.54, 1.807) is 4.31 Å². The van der Waals surface area contributed by atoms with Crippen molar-refractivity contribution < 1.29 is 8.42 Å². The molecule has 0 bridgehead atoms. The topological polar surface area (TPSA) is 63.4 Å². The van der Waals surface area contributed by atoms with E-state index in [0.717, 1.165) is 16.9 Å². The van der Waals surface area contributed by atoms with Crippen LogP contribution in [-0.4, -0.2) is 36.3 Å². The molecule has 4 nitrogen and oxygen atoms in total. The molecule has 0 aliphatic carbocycles. The van der Waals surface area contributed by atoms with E-state index >= 15 is 0 Å². The SMILES string of the molecule is CC1(C)CN(S(=O)(=O)Cc2ccc(CN)cc2)CCS1. The molecule has 0 spiro atoms. The minimum atomic E-state index is -3.24. The molecule has 0 amide bonds. The van der Waals surface area contributed by atoms with Gasteiger partial charge < -0.3 is 5.73 Å². The summed E-state index contributed by atoms with van der Waals surface area (Å²) < 4.78 is 26.6. The van der Waals surface area contributed by atoms with E-state index in [0.29, 0.717) is 19.6 Å². The minimum Gasteiger partial charge on any atom is -0.326 e. The molecular weight excluding hydrogens is 292 g/mol. The molecule has 0 radical (unpaired) electrons. The van der Waals surface area contributed by atoms with Gasteiger partial charge in [-0.05, 0) is 25.0 Å². The molecule has 1 aliphatic rings. The fourth-order valence-electron chi connectivity index (χ4n) is 2.28. The molecule has 0 saturated carbocycles. The lowest BCUT2D eigenvalue weighted by atomic mass is 10.1. The van der Waals surface area contributed by atoms with E-state index in [1.165, 1.54) is 0 Å². The summed E-state index contributed by atoms with van der Waals surface area (Å²) in [4.78, 5) is 0. The van der Waals surface area contributed by atoms with Gasteiger partial charge in [0.05, 0.1) is 5.75 Å². The predicted octanol–water partition coefficient (Wildman–Crippen LogP) is 1.80. The fourth-order valence-corrected chi connectivity index (χ4v) is 5.28. The average molecular weight is 314 g/mol. The summed E-state index contributed by atoms with van der Waals surface area (Å²) in [6.07, 6.45) is 0. The Bertz CT molecular complexity index is 553. The zero-order valence-electron chi connectivity index (χ0n) is 12.0. The summed E-state index contributed by atoms with van der Waals surface area (Å²) in [7, 11) is -3.24. The van der Waals surface area contributed by atoms with Crippen LogP contribution in [0.5, 0.6) is 0 Å². The molecule has 2 rings (SSSR count). The molecule has 1 aliphatic heterocycles. The number of nitrogens with zero attached hydrogens (tertiary/aromatic N) is 1. The number of nitrogens with two attached hydrogens (primary N) is 1. The van der Waals surface area contributed by atoms with E-state index in [1.807, 2.05) is 36.0 Å². The number of hydrogen-bond donors (Lipinski definition) is 1. The molecular formula is C14H22N2O2S2. The van der Waals surface area contributed by atoms with Crippen LogP contribution in [0.1, 0.15) is 25.0 Å². The van der Waals surface area contributed by atoms with Crippen LogP contribution in [0, 0.1) is 0 Å². The Hall–Kier alpha value is -0.560. The number of benzene rings is 1. The summed E-state index contributed by atoms with van der Waals surface area (Å²) in [6.45, 7) is 5.85. The Kier molecular flexibility index (Phi) is 4.79. The van der Waals surface area contributed by atoms with Crippen molar-refractivity contribution in [3.8, 4) is 0 Å². The van der Waals surface area contributed by atoms with Crippen molar-refractivity contribution in [1.29, 1.82) is 0 Å². The molecule has 1 fully saturated rings. The van der Waals surface area contributed by atoms with Crippen LogP contribution >= 0.6 is 11.8 Å². The quantitative estimate of drug-likeness (QED) is 0.920. The lowest BCUT2D eigenvalue weighted by Gasteiger charge is -2.36. The highest BCUT2D eigenvalue weighted by Gasteiger charge is 2.33. The van der Waals surface area contributed by atoms with Gasteiger partial charge in [0, 0.05) is 30.1 Å². The van der Waals surface area contributed by atoms with E-state index in [-0.39, 0.29) is 10.5 Å². The third-order valence-corrected chi connectivity index (χ3v) is 6.49. The minimum absolute atomic E-state index is 0.00523. The van der Waals surface area contributed by atoms with Gasteiger partial charge in [-0.1, -0.05) is 24.3 Å². The Morgan fingerprint density at radius 1 is 1.25 bits per heavy atom. The lowest BCUT2D eigenvalue weighted by Crippen LogP contribution is -2.46. The molecule has 0 aromatic heterocycles. The van der Waals surface area contributed by atoms with Gasteiger partial charge in [0.25, 0.3) is 0 Å². The maximum absolute atomic E-state index is 12.5. The Balaban J connectivity index is 2.10. The first-order valence-corrected chi connectivity index (χ1v) is 9.31. The zero-order chi connectivity index (χ0) is 14.8. The van der Waals surface area contributed by atoms with Crippen molar-refractivity contribution in [3.05, 3.63) is 35.4 Å². The summed E-state index contributed by atoms with van der Waals surface area (Å²) in [6, 6.07) is 7.48. The normalized spacial score (nSPS) is 19.9. The van der Waals surface area contributed by atoms with Crippen LogP contribution < -0.4 is 5.73 Å². The number of rotatable bonds is 4. The van der Waals surface area contributed by atoms with Crippen molar-refractivity contribution in [2.45, 2.75) is 30.9 Å². The van der Waals surface area contributed by atoms with Crippen LogP contribution in [-0.2, 0) is 22.3 Å². The van der Waals surface area contributed by atoms with Gasteiger partial charge in [-0.15, -0.1) is 0 Å². The molecule has 2 N–H and O–H groups in total. The second-order valence-corrected chi connectivity index (χ2v) is 9.49. The summed E-state index contributed by atoms with van der Waals surface area (Å²) in [5.74, 6) is 0.928. The molecule has 1 aromatic rings. The first-order valence-electron chi connectivity index (χ1n) is 6.72. The van der Waals surface area contributed by atoms with Crippen molar-refractivity contribution >= 4 is 21.8 Å². The lowest BCUT2D eigenvalue weighted by molar-refractivity contribution is 0.387. The van der Waals surface area contributed by atoms with Crippen molar-refractivity contribution in [2.75, 3.05) is 18.8 Å². The van der Waals surface area contributed by atoms with E-state index in [4.69, 9.17) is 5.73 Å². The van der Waals surface area contributed by atoms with E-state index in [2.05, 4.69) is 13.8 Å². The summed E-state index contributed by atoms with van der Waals surface area (Å²) in [5, 5.41) is 0. The van der Waals surface area contributed by atoms with Crippen LogP contribution in [0.15, 0.2) is 24.3 Å². The molecule has 6 heteroatoms. The molecule has 1 saturated heterocycles. The third-order valence-electron chi connectivity index (χ3n) is 3.39. The van der Waals surface area contributed by atoms with Gasteiger partial charge in [-0.3, -0.25) is 0 Å². The van der Waals surface area contributed by atoms with E-state index in [9.17, 15) is 8.42 Å². The van der Waals surface area contributed by atoms with Gasteiger partial charge in [-0.2, -0.15) is 16.1 Å². The standard InChI is InChI=1S/C14H22N2O2S2/c1-14(2)11-16(7-8-19-14)20(17,18)10-13-5-3-12(9-15)4-6-13/h3-6H,7-11,15H2,1-2H3. The Morgan fingerprint density at radius 3 is 2.40 bits per heavy atom. The largest absolute Gasteiger partial charge is 0.326 e. The fraction of sp³-hybridized carbons (Fsp3) is 0.571. The number of sulfonamides is 1. The highest BCUT2D eigenvalue weighted by atomic mass is 32.2.